The van der Waals surface area contributed by atoms with E-state index in [1.54, 1.807) is 31.2 Å². The first-order valence-electron chi connectivity index (χ1n) is 16.8. The average molecular weight is 652 g/mol. The van der Waals surface area contributed by atoms with Crippen LogP contribution in [0.1, 0.15) is 113 Å². The van der Waals surface area contributed by atoms with E-state index in [9.17, 15) is 19.2 Å². The topological polar surface area (TPSA) is 135 Å². The molecule has 11 heteroatoms. The summed E-state index contributed by atoms with van der Waals surface area (Å²) in [6.07, 6.45) is 11.9. The number of unbranched alkanes of at least 4 members (excludes halogenated alkanes) is 11. The number of nitrogens with one attached hydrogen (secondary N) is 1. The molecule has 1 heterocycles. The van der Waals surface area contributed by atoms with E-state index in [0.29, 0.717) is 17.5 Å². The van der Waals surface area contributed by atoms with Crippen LogP contribution in [0, 0.1) is 0 Å². The van der Waals surface area contributed by atoms with Gasteiger partial charge in [0.2, 0.25) is 0 Å². The number of ether oxygens (including phenoxy) is 4. The minimum Gasteiger partial charge on any atom is -0.495 e. The van der Waals surface area contributed by atoms with Crippen LogP contribution in [0.3, 0.4) is 0 Å². The Hall–Kier alpha value is -4.41. The van der Waals surface area contributed by atoms with Gasteiger partial charge in [-0.05, 0) is 43.7 Å². The standard InChI is InChI=1S/C36H49N3O8/c1-5-7-8-9-10-11-12-13-14-15-16-19-24-46-34(41)26-22-23-30(44-4)29(25-26)38-36(43)47-31(35(42)45-6-2)32-37-28-21-18-17-20-27(28)33(40)39(32)3/h17-18,20-23,25,31H,5-16,19,24H2,1-4H3,(H,38,43). The van der Waals surface area contributed by atoms with Gasteiger partial charge in [0, 0.05) is 7.05 Å². The third-order valence-electron chi connectivity index (χ3n) is 7.88. The van der Waals surface area contributed by atoms with E-state index in [-0.39, 0.29) is 29.4 Å². The van der Waals surface area contributed by atoms with E-state index in [4.69, 9.17) is 18.9 Å². The van der Waals surface area contributed by atoms with Crippen molar-refractivity contribution in [2.24, 2.45) is 7.05 Å². The molecule has 0 saturated heterocycles. The van der Waals surface area contributed by atoms with Gasteiger partial charge >= 0.3 is 18.0 Å². The second-order valence-corrected chi connectivity index (χ2v) is 11.5. The molecule has 256 valence electrons. The molecule has 0 aliphatic heterocycles. The van der Waals surface area contributed by atoms with Gasteiger partial charge in [-0.1, -0.05) is 89.7 Å². The van der Waals surface area contributed by atoms with Crippen LogP contribution in [0.4, 0.5) is 10.5 Å². The molecule has 1 aromatic heterocycles. The zero-order valence-corrected chi connectivity index (χ0v) is 28.2. The molecule has 3 aromatic rings. The molecule has 0 saturated carbocycles. The van der Waals surface area contributed by atoms with Crippen LogP contribution in [-0.2, 0) is 26.1 Å². The number of carbonyl (C=O) groups excluding carboxylic acids is 3. The Labute approximate surface area is 276 Å². The zero-order chi connectivity index (χ0) is 34.0. The highest BCUT2D eigenvalue weighted by Crippen LogP contribution is 2.27. The molecule has 0 radical (unpaired) electrons. The average Bonchev–Trinajstić information content (AvgIpc) is 3.07. The van der Waals surface area contributed by atoms with Crippen molar-refractivity contribution in [1.82, 2.24) is 9.55 Å². The first-order valence-corrected chi connectivity index (χ1v) is 16.8. The van der Waals surface area contributed by atoms with Gasteiger partial charge in [-0.15, -0.1) is 0 Å². The lowest BCUT2D eigenvalue weighted by Gasteiger charge is -2.19. The number of anilines is 1. The maximum absolute atomic E-state index is 13.1. The number of hydrogen-bond donors (Lipinski definition) is 1. The SMILES string of the molecule is CCCCCCCCCCCCCCOC(=O)c1ccc(OC)c(NC(=O)OC(C(=O)OCC)c2nc3ccccc3c(=O)n2C)c1. The molecular weight excluding hydrogens is 602 g/mol. The molecule has 1 atom stereocenters. The number of amides is 1. The van der Waals surface area contributed by atoms with E-state index in [0.717, 1.165) is 23.8 Å². The fourth-order valence-electron chi connectivity index (χ4n) is 5.26. The van der Waals surface area contributed by atoms with Gasteiger partial charge in [0.1, 0.15) is 5.75 Å². The molecule has 2 aromatic carbocycles. The van der Waals surface area contributed by atoms with E-state index < -0.39 is 29.7 Å². The van der Waals surface area contributed by atoms with Crippen molar-refractivity contribution in [1.29, 1.82) is 0 Å². The Bertz CT molecular complexity index is 1520. The largest absolute Gasteiger partial charge is 0.495 e. The number of para-hydroxylation sites is 1. The second kappa shape index (κ2) is 20.0. The maximum atomic E-state index is 13.1. The first-order chi connectivity index (χ1) is 22.8. The monoisotopic (exact) mass is 651 g/mol. The first kappa shape index (κ1) is 37.1. The molecule has 0 aliphatic carbocycles. The summed E-state index contributed by atoms with van der Waals surface area (Å²) in [7, 11) is 2.84. The predicted octanol–water partition coefficient (Wildman–Crippen LogP) is 7.65. The number of aromatic nitrogens is 2. The lowest BCUT2D eigenvalue weighted by atomic mass is 10.1. The van der Waals surface area contributed by atoms with E-state index in [1.165, 1.54) is 90.1 Å². The fraction of sp³-hybridized carbons (Fsp3) is 0.528. The Kier molecular flexibility index (Phi) is 15.7. The Morgan fingerprint density at radius 3 is 2.13 bits per heavy atom. The van der Waals surface area contributed by atoms with Crippen molar-refractivity contribution in [3.8, 4) is 5.75 Å². The van der Waals surface area contributed by atoms with Gasteiger partial charge in [0.15, 0.2) is 5.82 Å². The molecule has 0 bridgehead atoms. The molecular formula is C36H49N3O8. The second-order valence-electron chi connectivity index (χ2n) is 11.5. The van der Waals surface area contributed by atoms with E-state index in [2.05, 4.69) is 17.2 Å². The molecule has 3 rings (SSSR count). The van der Waals surface area contributed by atoms with Crippen LogP contribution in [0.5, 0.6) is 5.75 Å². The number of hydrogen-bond acceptors (Lipinski definition) is 9. The van der Waals surface area contributed by atoms with E-state index in [1.807, 2.05) is 0 Å². The lowest BCUT2D eigenvalue weighted by Crippen LogP contribution is -2.32. The summed E-state index contributed by atoms with van der Waals surface area (Å²) in [5.74, 6) is -1.29. The molecule has 0 fully saturated rings. The molecule has 0 spiro atoms. The predicted molar refractivity (Wildman–Crippen MR) is 181 cm³/mol. The van der Waals surface area contributed by atoms with Crippen LogP contribution in [0.25, 0.3) is 10.9 Å². The summed E-state index contributed by atoms with van der Waals surface area (Å²) in [4.78, 5) is 56.1. The van der Waals surface area contributed by atoms with Crippen LogP contribution < -0.4 is 15.6 Å². The molecule has 1 amide bonds. The highest BCUT2D eigenvalue weighted by Gasteiger charge is 2.31. The molecule has 1 N–H and O–H groups in total. The number of esters is 2. The van der Waals surface area contributed by atoms with Crippen LogP contribution in [0.15, 0.2) is 47.3 Å². The summed E-state index contributed by atoms with van der Waals surface area (Å²) in [5.41, 5.74) is 0.251. The van der Waals surface area contributed by atoms with Gasteiger partial charge in [-0.25, -0.2) is 19.4 Å². The van der Waals surface area contributed by atoms with Gasteiger partial charge < -0.3 is 18.9 Å². The van der Waals surface area contributed by atoms with Gasteiger partial charge in [0.05, 0.1) is 42.5 Å². The van der Waals surface area contributed by atoms with Crippen molar-refractivity contribution in [2.75, 3.05) is 25.6 Å². The number of carbonyl (C=O) groups is 3. The quantitative estimate of drug-likeness (QED) is 0.0742. The molecule has 1 unspecified atom stereocenters. The van der Waals surface area contributed by atoms with Crippen molar-refractivity contribution in [3.63, 3.8) is 0 Å². The molecule has 0 aliphatic rings. The van der Waals surface area contributed by atoms with Crippen LogP contribution in [0.2, 0.25) is 0 Å². The number of benzene rings is 2. The van der Waals surface area contributed by atoms with Gasteiger partial charge in [-0.3, -0.25) is 14.7 Å². The van der Waals surface area contributed by atoms with Gasteiger partial charge in [-0.2, -0.15) is 0 Å². The summed E-state index contributed by atoms with van der Waals surface area (Å²) in [5, 5.41) is 2.87. The van der Waals surface area contributed by atoms with Gasteiger partial charge in [0.25, 0.3) is 11.7 Å². The molecule has 11 nitrogen and oxygen atoms in total. The van der Waals surface area contributed by atoms with Crippen molar-refractivity contribution < 1.29 is 33.3 Å². The van der Waals surface area contributed by atoms with Crippen LogP contribution >= 0.6 is 0 Å². The van der Waals surface area contributed by atoms with E-state index >= 15 is 0 Å². The normalized spacial score (nSPS) is 11.6. The number of methoxy groups -OCH3 is 1. The third-order valence-corrected chi connectivity index (χ3v) is 7.88. The summed E-state index contributed by atoms with van der Waals surface area (Å²) in [6.45, 7) is 4.15. The Balaban J connectivity index is 1.56. The lowest BCUT2D eigenvalue weighted by molar-refractivity contribution is -0.153. The maximum Gasteiger partial charge on any atom is 0.413 e. The smallest absolute Gasteiger partial charge is 0.413 e. The number of fused-ring (bicyclic) bond motifs is 1. The summed E-state index contributed by atoms with van der Waals surface area (Å²) >= 11 is 0. The van der Waals surface area contributed by atoms with Crippen LogP contribution in [-0.4, -0.2) is 47.9 Å². The minimum atomic E-state index is -1.65. The Morgan fingerprint density at radius 1 is 0.851 bits per heavy atom. The minimum absolute atomic E-state index is 0.0130. The molecule has 47 heavy (non-hydrogen) atoms. The summed E-state index contributed by atoms with van der Waals surface area (Å²) < 4.78 is 22.6. The summed E-state index contributed by atoms with van der Waals surface area (Å²) in [6, 6.07) is 11.1. The third kappa shape index (κ3) is 11.4. The Morgan fingerprint density at radius 2 is 1.49 bits per heavy atom. The fourth-order valence-corrected chi connectivity index (χ4v) is 5.26. The zero-order valence-electron chi connectivity index (χ0n) is 28.2. The van der Waals surface area contributed by atoms with Crippen molar-refractivity contribution in [3.05, 3.63) is 64.2 Å². The highest BCUT2D eigenvalue weighted by atomic mass is 16.6. The number of rotatable bonds is 20. The van der Waals surface area contributed by atoms with Crippen molar-refractivity contribution in [2.45, 2.75) is 97.0 Å². The van der Waals surface area contributed by atoms with Crippen molar-refractivity contribution >= 4 is 34.6 Å². The highest BCUT2D eigenvalue weighted by molar-refractivity contribution is 5.94. The number of nitrogens with zero attached hydrogens (tertiary/aromatic N) is 2.